The molecule has 1 atom stereocenters. The van der Waals surface area contributed by atoms with Gasteiger partial charge in [0, 0.05) is 7.05 Å². The Morgan fingerprint density at radius 1 is 1.35 bits per heavy atom. The highest BCUT2D eigenvalue weighted by molar-refractivity contribution is 5.82. The van der Waals surface area contributed by atoms with Crippen molar-refractivity contribution in [3.63, 3.8) is 0 Å². The van der Waals surface area contributed by atoms with E-state index in [2.05, 4.69) is 0 Å². The molecule has 5 heteroatoms. The number of carbonyl (C=O) groups is 2. The number of likely N-dealkylation sites (N-methyl/N-ethyl adjacent to an activating group) is 1. The lowest BCUT2D eigenvalue weighted by atomic mass is 9.78. The Labute approximate surface area is 102 Å². The van der Waals surface area contributed by atoms with E-state index in [-0.39, 0.29) is 12.3 Å². The van der Waals surface area contributed by atoms with Gasteiger partial charge in [0.25, 0.3) is 0 Å². The van der Waals surface area contributed by atoms with Crippen LogP contribution in [0, 0.1) is 0 Å². The Balaban J connectivity index is 2.88. The van der Waals surface area contributed by atoms with Gasteiger partial charge in [-0.1, -0.05) is 19.3 Å². The first-order valence-electron chi connectivity index (χ1n) is 6.14. The summed E-state index contributed by atoms with van der Waals surface area (Å²) in [6.45, 7) is 1.64. The van der Waals surface area contributed by atoms with Gasteiger partial charge in [-0.15, -0.1) is 0 Å². The highest BCUT2D eigenvalue weighted by Gasteiger charge is 2.40. The zero-order valence-corrected chi connectivity index (χ0v) is 10.6. The lowest BCUT2D eigenvalue weighted by molar-refractivity contribution is -0.146. The van der Waals surface area contributed by atoms with Gasteiger partial charge in [0.2, 0.25) is 5.91 Å². The smallest absolute Gasteiger partial charge is 0.305 e. The summed E-state index contributed by atoms with van der Waals surface area (Å²) in [5.74, 6) is -1.02. The van der Waals surface area contributed by atoms with E-state index in [1.54, 1.807) is 18.9 Å². The minimum absolute atomic E-state index is 0.0158. The van der Waals surface area contributed by atoms with E-state index >= 15 is 0 Å². The summed E-state index contributed by atoms with van der Waals surface area (Å²) in [7, 11) is 1.68. The number of nitrogens with zero attached hydrogens (tertiary/aromatic N) is 1. The number of amides is 1. The van der Waals surface area contributed by atoms with Gasteiger partial charge in [-0.05, 0) is 19.8 Å². The monoisotopic (exact) mass is 242 g/mol. The van der Waals surface area contributed by atoms with Crippen LogP contribution in [0.1, 0.15) is 45.4 Å². The van der Waals surface area contributed by atoms with E-state index in [1.807, 2.05) is 0 Å². The largest absolute Gasteiger partial charge is 0.481 e. The van der Waals surface area contributed by atoms with Crippen molar-refractivity contribution >= 4 is 11.9 Å². The Morgan fingerprint density at radius 3 is 2.29 bits per heavy atom. The number of carboxylic acid groups (broad SMARTS) is 1. The maximum Gasteiger partial charge on any atom is 0.305 e. The second-order valence-corrected chi connectivity index (χ2v) is 5.04. The molecule has 17 heavy (non-hydrogen) atoms. The van der Waals surface area contributed by atoms with Crippen molar-refractivity contribution in [2.75, 3.05) is 7.05 Å². The second kappa shape index (κ2) is 5.49. The summed E-state index contributed by atoms with van der Waals surface area (Å²) in [4.78, 5) is 24.5. The fourth-order valence-electron chi connectivity index (χ4n) is 2.66. The van der Waals surface area contributed by atoms with Crippen LogP contribution in [0.25, 0.3) is 0 Å². The van der Waals surface area contributed by atoms with E-state index < -0.39 is 17.6 Å². The minimum atomic E-state index is -0.851. The molecule has 1 fully saturated rings. The standard InChI is InChI=1S/C12H22N2O3/c1-9(13)11(17)14(2)12(8-10(15)16)6-4-3-5-7-12/h9H,3-8,13H2,1-2H3,(H,15,16)/t9-/m1/s1. The maximum atomic E-state index is 11.9. The first kappa shape index (κ1) is 14.0. The maximum absolute atomic E-state index is 11.9. The number of carbonyl (C=O) groups excluding carboxylic acids is 1. The van der Waals surface area contributed by atoms with Crippen LogP contribution in [0.3, 0.4) is 0 Å². The zero-order valence-electron chi connectivity index (χ0n) is 10.6. The van der Waals surface area contributed by atoms with Crippen LogP contribution in [0.2, 0.25) is 0 Å². The molecule has 98 valence electrons. The number of aliphatic carboxylic acids is 1. The predicted molar refractivity (Wildman–Crippen MR) is 64.5 cm³/mol. The molecule has 0 aromatic heterocycles. The molecule has 0 spiro atoms. The summed E-state index contributed by atoms with van der Waals surface area (Å²) >= 11 is 0. The molecule has 1 amide bonds. The molecule has 1 saturated carbocycles. The zero-order chi connectivity index (χ0) is 13.1. The van der Waals surface area contributed by atoms with Crippen LogP contribution in [0.15, 0.2) is 0 Å². The topological polar surface area (TPSA) is 83.6 Å². The summed E-state index contributed by atoms with van der Waals surface area (Å²) < 4.78 is 0. The molecule has 1 rings (SSSR count). The van der Waals surface area contributed by atoms with Crippen molar-refractivity contribution in [1.29, 1.82) is 0 Å². The molecule has 1 aliphatic carbocycles. The van der Waals surface area contributed by atoms with E-state index in [0.29, 0.717) is 0 Å². The summed E-state index contributed by atoms with van der Waals surface area (Å²) in [5, 5.41) is 9.03. The van der Waals surface area contributed by atoms with Crippen LogP contribution < -0.4 is 5.73 Å². The summed E-state index contributed by atoms with van der Waals surface area (Å²) in [5.41, 5.74) is 5.06. The van der Waals surface area contributed by atoms with Crippen molar-refractivity contribution < 1.29 is 14.7 Å². The van der Waals surface area contributed by atoms with Gasteiger partial charge in [0.05, 0.1) is 18.0 Å². The number of rotatable bonds is 4. The van der Waals surface area contributed by atoms with Crippen molar-refractivity contribution in [3.8, 4) is 0 Å². The second-order valence-electron chi connectivity index (χ2n) is 5.04. The molecule has 1 aliphatic rings. The van der Waals surface area contributed by atoms with E-state index in [4.69, 9.17) is 10.8 Å². The molecule has 0 aliphatic heterocycles. The number of carboxylic acids is 1. The van der Waals surface area contributed by atoms with Crippen LogP contribution in [-0.2, 0) is 9.59 Å². The molecule has 5 nitrogen and oxygen atoms in total. The minimum Gasteiger partial charge on any atom is -0.481 e. The number of hydrogen-bond acceptors (Lipinski definition) is 3. The highest BCUT2D eigenvalue weighted by atomic mass is 16.4. The molecule has 0 unspecified atom stereocenters. The molecule has 0 saturated heterocycles. The first-order valence-corrected chi connectivity index (χ1v) is 6.14. The molecule has 0 heterocycles. The van der Waals surface area contributed by atoms with Gasteiger partial charge in [0.15, 0.2) is 0 Å². The van der Waals surface area contributed by atoms with Crippen LogP contribution in [0.5, 0.6) is 0 Å². The van der Waals surface area contributed by atoms with Crippen molar-refractivity contribution in [1.82, 2.24) is 4.90 Å². The molecule has 0 radical (unpaired) electrons. The SMILES string of the molecule is C[C@@H](N)C(=O)N(C)C1(CC(=O)O)CCCCC1. The Hall–Kier alpha value is -1.10. The van der Waals surface area contributed by atoms with Gasteiger partial charge < -0.3 is 15.7 Å². The van der Waals surface area contributed by atoms with Gasteiger partial charge in [0.1, 0.15) is 0 Å². The predicted octanol–water partition coefficient (Wildman–Crippen LogP) is 0.970. The van der Waals surface area contributed by atoms with E-state index in [0.717, 1.165) is 32.1 Å². The Bertz CT molecular complexity index is 296. The van der Waals surface area contributed by atoms with Crippen molar-refractivity contribution in [2.24, 2.45) is 5.73 Å². The average molecular weight is 242 g/mol. The Kier molecular flexibility index (Phi) is 4.51. The van der Waals surface area contributed by atoms with Gasteiger partial charge in [-0.2, -0.15) is 0 Å². The molecule has 0 aromatic rings. The third kappa shape index (κ3) is 3.19. The lowest BCUT2D eigenvalue weighted by Gasteiger charge is -2.44. The number of hydrogen-bond donors (Lipinski definition) is 2. The van der Waals surface area contributed by atoms with Crippen LogP contribution >= 0.6 is 0 Å². The lowest BCUT2D eigenvalue weighted by Crippen LogP contribution is -2.55. The third-order valence-electron chi connectivity index (χ3n) is 3.70. The molecule has 3 N–H and O–H groups in total. The van der Waals surface area contributed by atoms with Crippen molar-refractivity contribution in [2.45, 2.75) is 57.0 Å². The molecular formula is C12H22N2O3. The van der Waals surface area contributed by atoms with Gasteiger partial charge >= 0.3 is 5.97 Å². The van der Waals surface area contributed by atoms with Crippen molar-refractivity contribution in [3.05, 3.63) is 0 Å². The quantitative estimate of drug-likeness (QED) is 0.769. The molecule has 0 bridgehead atoms. The normalized spacial score (nSPS) is 20.6. The first-order chi connectivity index (χ1) is 7.89. The van der Waals surface area contributed by atoms with Crippen LogP contribution in [0.4, 0.5) is 0 Å². The molecular weight excluding hydrogens is 220 g/mol. The molecule has 0 aromatic carbocycles. The summed E-state index contributed by atoms with van der Waals surface area (Å²) in [6.07, 6.45) is 4.60. The Morgan fingerprint density at radius 2 is 1.88 bits per heavy atom. The van der Waals surface area contributed by atoms with Gasteiger partial charge in [-0.3, -0.25) is 9.59 Å². The third-order valence-corrected chi connectivity index (χ3v) is 3.70. The van der Waals surface area contributed by atoms with Crippen LogP contribution in [-0.4, -0.2) is 40.5 Å². The summed E-state index contributed by atoms with van der Waals surface area (Å²) in [6, 6.07) is -0.576. The van der Waals surface area contributed by atoms with E-state index in [9.17, 15) is 9.59 Å². The average Bonchev–Trinajstić information content (AvgIpc) is 2.27. The fourth-order valence-corrected chi connectivity index (χ4v) is 2.66. The highest BCUT2D eigenvalue weighted by Crippen LogP contribution is 2.36. The van der Waals surface area contributed by atoms with Gasteiger partial charge in [-0.25, -0.2) is 0 Å². The fraction of sp³-hybridized carbons (Fsp3) is 0.833. The number of nitrogens with two attached hydrogens (primary N) is 1. The van der Waals surface area contributed by atoms with E-state index in [1.165, 1.54) is 0 Å².